The summed E-state index contributed by atoms with van der Waals surface area (Å²) in [5.41, 5.74) is 1.16. The van der Waals surface area contributed by atoms with Gasteiger partial charge in [0.1, 0.15) is 0 Å². The number of aromatic nitrogens is 1. The van der Waals surface area contributed by atoms with E-state index in [2.05, 4.69) is 46.8 Å². The molecular weight excluding hydrogens is 360 g/mol. The summed E-state index contributed by atoms with van der Waals surface area (Å²) in [6, 6.07) is 0. The highest BCUT2D eigenvalue weighted by molar-refractivity contribution is 7.09. The zero-order valence-corrected chi connectivity index (χ0v) is 17.9. The van der Waals surface area contributed by atoms with Gasteiger partial charge >= 0.3 is 0 Å². The fourth-order valence-corrected chi connectivity index (χ4v) is 3.74. The summed E-state index contributed by atoms with van der Waals surface area (Å²) in [4.78, 5) is 9.32. The minimum absolute atomic E-state index is 0.504. The molecule has 0 saturated carbocycles. The van der Waals surface area contributed by atoms with Crippen molar-refractivity contribution < 1.29 is 9.47 Å². The molecule has 0 spiro atoms. The Kier molecular flexibility index (Phi) is 10.7. The molecule has 1 aromatic rings. The van der Waals surface area contributed by atoms with Crippen LogP contribution in [0.4, 0.5) is 0 Å². The van der Waals surface area contributed by atoms with Crippen LogP contribution in [0.3, 0.4) is 0 Å². The van der Waals surface area contributed by atoms with Crippen LogP contribution < -0.4 is 10.6 Å². The molecule has 0 bridgehead atoms. The molecular formula is C20H36N4O2S. The van der Waals surface area contributed by atoms with Gasteiger partial charge in [0.05, 0.1) is 10.7 Å². The Bertz CT molecular complexity index is 542. The van der Waals surface area contributed by atoms with E-state index in [0.29, 0.717) is 11.8 Å². The highest BCUT2D eigenvalue weighted by atomic mass is 32.1. The van der Waals surface area contributed by atoms with Crippen molar-refractivity contribution in [2.75, 3.05) is 46.1 Å². The number of rotatable bonds is 11. The first-order valence-electron chi connectivity index (χ1n) is 10.3. The average Bonchev–Trinajstić information content (AvgIpc) is 3.14. The van der Waals surface area contributed by atoms with Gasteiger partial charge in [-0.3, -0.25) is 4.99 Å². The van der Waals surface area contributed by atoms with Gasteiger partial charge in [-0.1, -0.05) is 13.8 Å². The molecule has 27 heavy (non-hydrogen) atoms. The minimum Gasteiger partial charge on any atom is -0.381 e. The van der Waals surface area contributed by atoms with Crippen LogP contribution in [0.1, 0.15) is 56.7 Å². The van der Waals surface area contributed by atoms with Crippen molar-refractivity contribution in [2.24, 2.45) is 10.9 Å². The molecule has 6 nitrogen and oxygen atoms in total. The van der Waals surface area contributed by atoms with Crippen molar-refractivity contribution in [3.8, 4) is 0 Å². The molecule has 2 heterocycles. The molecule has 2 rings (SSSR count). The predicted molar refractivity (Wildman–Crippen MR) is 113 cm³/mol. The lowest BCUT2D eigenvalue weighted by Gasteiger charge is -2.21. The Morgan fingerprint density at radius 2 is 2.19 bits per heavy atom. The van der Waals surface area contributed by atoms with E-state index >= 15 is 0 Å². The normalized spacial score (nSPS) is 16.1. The van der Waals surface area contributed by atoms with Crippen molar-refractivity contribution in [3.63, 3.8) is 0 Å². The van der Waals surface area contributed by atoms with Crippen LogP contribution in [-0.4, -0.2) is 57.0 Å². The van der Waals surface area contributed by atoms with Gasteiger partial charge < -0.3 is 20.1 Å². The molecule has 154 valence electrons. The van der Waals surface area contributed by atoms with Crippen LogP contribution in [0.2, 0.25) is 0 Å². The van der Waals surface area contributed by atoms with Gasteiger partial charge in [-0.05, 0) is 32.1 Å². The molecule has 2 N–H and O–H groups in total. The fourth-order valence-electron chi connectivity index (χ4n) is 2.87. The third kappa shape index (κ3) is 9.04. The Morgan fingerprint density at radius 1 is 1.37 bits per heavy atom. The first-order chi connectivity index (χ1) is 13.2. The molecule has 1 aliphatic heterocycles. The number of guanidine groups is 1. The second-order valence-electron chi connectivity index (χ2n) is 7.25. The van der Waals surface area contributed by atoms with E-state index in [-0.39, 0.29) is 0 Å². The van der Waals surface area contributed by atoms with Crippen molar-refractivity contribution in [2.45, 2.75) is 52.4 Å². The van der Waals surface area contributed by atoms with Crippen LogP contribution >= 0.6 is 11.3 Å². The molecule has 0 amide bonds. The Labute approximate surface area is 168 Å². The maximum atomic E-state index is 5.80. The molecule has 0 aromatic carbocycles. The molecule has 0 unspecified atom stereocenters. The third-order valence-electron chi connectivity index (χ3n) is 4.49. The standard InChI is InChI=1S/C20H36N4O2S/c1-4-21-20(23-10-6-18-15-27-19(24-18)16(2)3)22-9-5-11-26-14-17-7-12-25-13-8-17/h15-17H,4-14H2,1-3H3,(H2,21,22,23). The summed E-state index contributed by atoms with van der Waals surface area (Å²) >= 11 is 1.75. The highest BCUT2D eigenvalue weighted by Gasteiger charge is 2.13. The van der Waals surface area contributed by atoms with E-state index in [1.54, 1.807) is 11.3 Å². The summed E-state index contributed by atoms with van der Waals surface area (Å²) in [5.74, 6) is 2.05. The third-order valence-corrected chi connectivity index (χ3v) is 5.69. The summed E-state index contributed by atoms with van der Waals surface area (Å²) in [6.07, 6.45) is 4.13. The van der Waals surface area contributed by atoms with Gasteiger partial charge in [-0.2, -0.15) is 0 Å². The second kappa shape index (κ2) is 13.1. The number of nitrogens with zero attached hydrogens (tertiary/aromatic N) is 2. The molecule has 1 fully saturated rings. The maximum absolute atomic E-state index is 5.80. The highest BCUT2D eigenvalue weighted by Crippen LogP contribution is 2.19. The van der Waals surface area contributed by atoms with Crippen LogP contribution in [0, 0.1) is 5.92 Å². The lowest BCUT2D eigenvalue weighted by molar-refractivity contribution is 0.0205. The molecule has 0 radical (unpaired) electrons. The number of ether oxygens (including phenoxy) is 2. The SMILES string of the molecule is CCNC(=NCCCOCC1CCOCC1)NCCc1csc(C(C)C)n1. The zero-order valence-electron chi connectivity index (χ0n) is 17.1. The number of nitrogens with one attached hydrogen (secondary N) is 2. The molecule has 1 aliphatic rings. The predicted octanol–water partition coefficient (Wildman–Crippen LogP) is 3.20. The quantitative estimate of drug-likeness (QED) is 0.342. The lowest BCUT2D eigenvalue weighted by atomic mass is 10.0. The van der Waals surface area contributed by atoms with Gasteiger partial charge in [-0.25, -0.2) is 4.98 Å². The van der Waals surface area contributed by atoms with Gasteiger partial charge in [0, 0.05) is 63.8 Å². The minimum atomic E-state index is 0.504. The van der Waals surface area contributed by atoms with E-state index < -0.39 is 0 Å². The van der Waals surface area contributed by atoms with Crippen molar-refractivity contribution >= 4 is 17.3 Å². The van der Waals surface area contributed by atoms with Crippen LogP contribution in [0.15, 0.2) is 10.4 Å². The summed E-state index contributed by atoms with van der Waals surface area (Å²) < 4.78 is 11.2. The monoisotopic (exact) mass is 396 g/mol. The van der Waals surface area contributed by atoms with E-state index in [9.17, 15) is 0 Å². The van der Waals surface area contributed by atoms with Gasteiger partial charge in [-0.15, -0.1) is 11.3 Å². The smallest absolute Gasteiger partial charge is 0.191 e. The first kappa shape index (κ1) is 22.1. The number of hydrogen-bond donors (Lipinski definition) is 2. The Hall–Kier alpha value is -1.18. The van der Waals surface area contributed by atoms with E-state index in [0.717, 1.165) is 83.4 Å². The number of aliphatic imine (C=N–C) groups is 1. The molecule has 0 aliphatic carbocycles. The second-order valence-corrected chi connectivity index (χ2v) is 8.14. The van der Waals surface area contributed by atoms with Gasteiger partial charge in [0.25, 0.3) is 0 Å². The lowest BCUT2D eigenvalue weighted by Crippen LogP contribution is -2.38. The zero-order chi connectivity index (χ0) is 19.3. The van der Waals surface area contributed by atoms with Crippen LogP contribution in [-0.2, 0) is 15.9 Å². The van der Waals surface area contributed by atoms with E-state index in [1.807, 2.05) is 0 Å². The summed E-state index contributed by atoms with van der Waals surface area (Å²) in [6.45, 7) is 12.3. The van der Waals surface area contributed by atoms with Crippen molar-refractivity contribution in [1.82, 2.24) is 15.6 Å². The van der Waals surface area contributed by atoms with E-state index in [4.69, 9.17) is 9.47 Å². The Morgan fingerprint density at radius 3 is 2.89 bits per heavy atom. The van der Waals surface area contributed by atoms with Gasteiger partial charge in [0.15, 0.2) is 5.96 Å². The van der Waals surface area contributed by atoms with Gasteiger partial charge in [0.2, 0.25) is 0 Å². The summed E-state index contributed by atoms with van der Waals surface area (Å²) in [5, 5.41) is 10.1. The van der Waals surface area contributed by atoms with Crippen LogP contribution in [0.25, 0.3) is 0 Å². The molecule has 7 heteroatoms. The topological polar surface area (TPSA) is 67.8 Å². The Balaban J connectivity index is 1.59. The van der Waals surface area contributed by atoms with E-state index in [1.165, 1.54) is 5.01 Å². The number of thiazole rings is 1. The molecule has 1 aromatic heterocycles. The number of hydrogen-bond acceptors (Lipinski definition) is 5. The summed E-state index contributed by atoms with van der Waals surface area (Å²) in [7, 11) is 0. The molecule has 0 atom stereocenters. The fraction of sp³-hybridized carbons (Fsp3) is 0.800. The maximum Gasteiger partial charge on any atom is 0.191 e. The largest absolute Gasteiger partial charge is 0.381 e. The average molecular weight is 397 g/mol. The van der Waals surface area contributed by atoms with Crippen LogP contribution in [0.5, 0.6) is 0 Å². The van der Waals surface area contributed by atoms with Crippen molar-refractivity contribution in [3.05, 3.63) is 16.1 Å². The molecule has 1 saturated heterocycles. The van der Waals surface area contributed by atoms with Crippen molar-refractivity contribution in [1.29, 1.82) is 0 Å². The first-order valence-corrected chi connectivity index (χ1v) is 11.2.